The first-order valence-corrected chi connectivity index (χ1v) is 8.87. The van der Waals surface area contributed by atoms with Gasteiger partial charge in [0.25, 0.3) is 5.91 Å². The van der Waals surface area contributed by atoms with Crippen molar-refractivity contribution in [3.8, 4) is 0 Å². The zero-order chi connectivity index (χ0) is 18.1. The molecule has 4 aromatic rings. The van der Waals surface area contributed by atoms with Crippen LogP contribution in [0.5, 0.6) is 0 Å². The molecule has 0 bridgehead atoms. The fraction of sp³-hybridized carbons (Fsp3) is 0.105. The number of carbonyl (C=O) groups is 1. The minimum absolute atomic E-state index is 0.254. The molecule has 130 valence electrons. The van der Waals surface area contributed by atoms with Gasteiger partial charge in [0.2, 0.25) is 5.13 Å². The van der Waals surface area contributed by atoms with Gasteiger partial charge in [-0.25, -0.2) is 0 Å². The Morgan fingerprint density at radius 2 is 1.96 bits per heavy atom. The Balaban J connectivity index is 1.67. The topological polar surface area (TPSA) is 94.0 Å². The molecule has 0 saturated heterocycles. The molecule has 3 N–H and O–H groups in total. The second-order valence-electron chi connectivity index (χ2n) is 5.95. The van der Waals surface area contributed by atoms with Crippen LogP contribution in [0, 0.1) is 6.92 Å². The lowest BCUT2D eigenvalue weighted by Crippen LogP contribution is -2.29. The quantitative estimate of drug-likeness (QED) is 0.576. The summed E-state index contributed by atoms with van der Waals surface area (Å²) in [6.45, 7) is 2.00. The van der Waals surface area contributed by atoms with E-state index in [1.807, 2.05) is 55.5 Å². The van der Waals surface area contributed by atoms with Gasteiger partial charge in [0.05, 0.1) is 0 Å². The second-order valence-corrected chi connectivity index (χ2v) is 6.99. The highest BCUT2D eigenvalue weighted by Gasteiger charge is 2.23. The van der Waals surface area contributed by atoms with Crippen molar-refractivity contribution in [3.63, 3.8) is 0 Å². The zero-order valence-electron chi connectivity index (χ0n) is 14.0. The van der Waals surface area contributed by atoms with Gasteiger partial charge in [0, 0.05) is 5.39 Å². The normalized spacial score (nSPS) is 12.2. The molecule has 26 heavy (non-hydrogen) atoms. The van der Waals surface area contributed by atoms with Crippen molar-refractivity contribution in [1.82, 2.24) is 15.5 Å². The number of nitrogens with two attached hydrogens (primary N) is 1. The number of amides is 1. The van der Waals surface area contributed by atoms with Crippen LogP contribution in [0.25, 0.3) is 11.0 Å². The Labute approximate surface area is 153 Å². The first-order valence-electron chi connectivity index (χ1n) is 8.05. The van der Waals surface area contributed by atoms with Gasteiger partial charge in [0.1, 0.15) is 16.6 Å². The second kappa shape index (κ2) is 6.61. The van der Waals surface area contributed by atoms with E-state index in [1.54, 1.807) is 6.07 Å². The SMILES string of the molecule is Cc1ccc2oc(C(=O)NC(c3ccccc3)c3nnc(N)s3)cc2c1. The van der Waals surface area contributed by atoms with E-state index in [0.717, 1.165) is 16.5 Å². The number of aryl methyl sites for hydroxylation is 1. The number of furan rings is 1. The van der Waals surface area contributed by atoms with Crippen molar-refractivity contribution in [2.45, 2.75) is 13.0 Å². The van der Waals surface area contributed by atoms with Crippen LogP contribution in [0.1, 0.15) is 32.7 Å². The maximum atomic E-state index is 12.8. The summed E-state index contributed by atoms with van der Waals surface area (Å²) in [5.74, 6) is -0.0644. The molecular formula is C19H16N4O2S. The number of anilines is 1. The highest BCUT2D eigenvalue weighted by molar-refractivity contribution is 7.15. The maximum Gasteiger partial charge on any atom is 0.287 e. The van der Waals surface area contributed by atoms with Gasteiger partial charge in [-0.05, 0) is 30.7 Å². The van der Waals surface area contributed by atoms with Gasteiger partial charge < -0.3 is 15.5 Å². The number of benzene rings is 2. The first-order chi connectivity index (χ1) is 12.6. The molecule has 1 amide bonds. The largest absolute Gasteiger partial charge is 0.451 e. The molecule has 4 rings (SSSR count). The third-order valence-corrected chi connectivity index (χ3v) is 4.82. The van der Waals surface area contributed by atoms with Crippen LogP contribution in [-0.2, 0) is 0 Å². The standard InChI is InChI=1S/C19H16N4O2S/c1-11-7-8-14-13(9-11)10-15(25-14)17(24)21-16(12-5-3-2-4-6-12)18-22-23-19(20)26-18/h2-10,16H,1H3,(H2,20,23)(H,21,24). The van der Waals surface area contributed by atoms with Crippen LogP contribution >= 0.6 is 11.3 Å². The molecule has 2 aromatic carbocycles. The number of fused-ring (bicyclic) bond motifs is 1. The monoisotopic (exact) mass is 364 g/mol. The van der Waals surface area contributed by atoms with Gasteiger partial charge >= 0.3 is 0 Å². The number of hydrogen-bond acceptors (Lipinski definition) is 6. The summed E-state index contributed by atoms with van der Waals surface area (Å²) in [4.78, 5) is 12.8. The van der Waals surface area contributed by atoms with E-state index in [1.165, 1.54) is 11.3 Å². The summed E-state index contributed by atoms with van der Waals surface area (Å²) in [5.41, 5.74) is 8.39. The molecule has 2 heterocycles. The van der Waals surface area contributed by atoms with Crippen LogP contribution in [0.2, 0.25) is 0 Å². The molecule has 7 heteroatoms. The molecule has 2 aromatic heterocycles. The highest BCUT2D eigenvalue weighted by Crippen LogP contribution is 2.27. The third kappa shape index (κ3) is 3.16. The number of aromatic nitrogens is 2. The molecule has 1 atom stereocenters. The van der Waals surface area contributed by atoms with E-state index in [4.69, 9.17) is 10.2 Å². The lowest BCUT2D eigenvalue weighted by atomic mass is 10.1. The van der Waals surface area contributed by atoms with E-state index in [9.17, 15) is 4.79 Å². The first kappa shape index (κ1) is 16.3. The smallest absolute Gasteiger partial charge is 0.287 e. The average molecular weight is 364 g/mol. The van der Waals surface area contributed by atoms with Gasteiger partial charge in [0.15, 0.2) is 5.76 Å². The van der Waals surface area contributed by atoms with Gasteiger partial charge in [-0.15, -0.1) is 10.2 Å². The van der Waals surface area contributed by atoms with Gasteiger partial charge in [-0.1, -0.05) is 53.3 Å². The molecule has 0 aliphatic rings. The summed E-state index contributed by atoms with van der Waals surface area (Å²) >= 11 is 1.25. The molecule has 0 aliphatic carbocycles. The Morgan fingerprint density at radius 1 is 1.15 bits per heavy atom. The summed E-state index contributed by atoms with van der Waals surface area (Å²) in [7, 11) is 0. The van der Waals surface area contributed by atoms with Crippen molar-refractivity contribution >= 4 is 33.3 Å². The predicted molar refractivity (Wildman–Crippen MR) is 101 cm³/mol. The molecular weight excluding hydrogens is 348 g/mol. The van der Waals surface area contributed by atoms with Crippen LogP contribution < -0.4 is 11.1 Å². The molecule has 0 radical (unpaired) electrons. The van der Waals surface area contributed by atoms with E-state index in [0.29, 0.717) is 15.7 Å². The van der Waals surface area contributed by atoms with E-state index < -0.39 is 6.04 Å². The number of rotatable bonds is 4. The maximum absolute atomic E-state index is 12.8. The summed E-state index contributed by atoms with van der Waals surface area (Å²) in [6.07, 6.45) is 0. The summed E-state index contributed by atoms with van der Waals surface area (Å²) < 4.78 is 5.69. The van der Waals surface area contributed by atoms with Crippen LogP contribution in [0.3, 0.4) is 0 Å². The lowest BCUT2D eigenvalue weighted by Gasteiger charge is -2.15. The number of nitrogens with zero attached hydrogens (tertiary/aromatic N) is 2. The molecule has 0 spiro atoms. The molecule has 0 aliphatic heterocycles. The summed E-state index contributed by atoms with van der Waals surface area (Å²) in [6, 6.07) is 16.7. The van der Waals surface area contributed by atoms with E-state index in [2.05, 4.69) is 15.5 Å². The highest BCUT2D eigenvalue weighted by atomic mass is 32.1. The number of carbonyl (C=O) groups excluding carboxylic acids is 1. The molecule has 0 fully saturated rings. The number of nitrogens with one attached hydrogen (secondary N) is 1. The number of nitrogen functional groups attached to an aromatic ring is 1. The van der Waals surface area contributed by atoms with Crippen LogP contribution in [0.15, 0.2) is 59.0 Å². The zero-order valence-corrected chi connectivity index (χ0v) is 14.8. The number of hydrogen-bond donors (Lipinski definition) is 2. The molecule has 0 saturated carbocycles. The third-order valence-electron chi connectivity index (χ3n) is 4.01. The Bertz CT molecular complexity index is 1070. The average Bonchev–Trinajstić information content (AvgIpc) is 3.26. The lowest BCUT2D eigenvalue weighted by molar-refractivity contribution is 0.0917. The van der Waals surface area contributed by atoms with Crippen LogP contribution in [-0.4, -0.2) is 16.1 Å². The fourth-order valence-electron chi connectivity index (χ4n) is 2.77. The molecule has 6 nitrogen and oxygen atoms in total. The van der Waals surface area contributed by atoms with Gasteiger partial charge in [-0.2, -0.15) is 0 Å². The van der Waals surface area contributed by atoms with E-state index >= 15 is 0 Å². The predicted octanol–water partition coefficient (Wildman–Crippen LogP) is 3.69. The van der Waals surface area contributed by atoms with Crippen LogP contribution in [0.4, 0.5) is 5.13 Å². The Hall–Kier alpha value is -3.19. The van der Waals surface area contributed by atoms with Crippen molar-refractivity contribution < 1.29 is 9.21 Å². The molecule has 1 unspecified atom stereocenters. The van der Waals surface area contributed by atoms with E-state index in [-0.39, 0.29) is 11.7 Å². The minimum Gasteiger partial charge on any atom is -0.451 e. The Kier molecular flexibility index (Phi) is 4.14. The fourth-order valence-corrected chi connectivity index (χ4v) is 3.46. The van der Waals surface area contributed by atoms with Crippen molar-refractivity contribution in [3.05, 3.63) is 76.5 Å². The Morgan fingerprint density at radius 3 is 2.69 bits per heavy atom. The van der Waals surface area contributed by atoms with Gasteiger partial charge in [-0.3, -0.25) is 4.79 Å². The summed E-state index contributed by atoms with van der Waals surface area (Å²) in [5, 5.41) is 12.8. The van der Waals surface area contributed by atoms with Crippen molar-refractivity contribution in [2.75, 3.05) is 5.73 Å². The minimum atomic E-state index is -0.451. The van der Waals surface area contributed by atoms with Crippen molar-refractivity contribution in [1.29, 1.82) is 0 Å². The van der Waals surface area contributed by atoms with Crippen molar-refractivity contribution in [2.24, 2.45) is 0 Å².